The van der Waals surface area contributed by atoms with Gasteiger partial charge >= 0.3 is 0 Å². The summed E-state index contributed by atoms with van der Waals surface area (Å²) in [6.07, 6.45) is 0. The summed E-state index contributed by atoms with van der Waals surface area (Å²) in [7, 11) is -4.25. The van der Waals surface area contributed by atoms with Crippen LogP contribution in [0.3, 0.4) is 0 Å². The van der Waals surface area contributed by atoms with E-state index in [0.717, 1.165) is 12.1 Å². The van der Waals surface area contributed by atoms with E-state index < -0.39 is 33.3 Å². The van der Waals surface area contributed by atoms with Crippen LogP contribution in [0.2, 0.25) is 5.02 Å². The van der Waals surface area contributed by atoms with Crippen LogP contribution in [0.4, 0.5) is 20.2 Å². The van der Waals surface area contributed by atoms with Gasteiger partial charge in [0.05, 0.1) is 22.9 Å². The third-order valence-electron chi connectivity index (χ3n) is 4.07. The summed E-state index contributed by atoms with van der Waals surface area (Å²) in [5.74, 6) is -2.20. The Hall–Kier alpha value is -3.17. The Labute approximate surface area is 182 Å². The van der Waals surface area contributed by atoms with Gasteiger partial charge < -0.3 is 10.1 Å². The smallest absolute Gasteiger partial charge is 0.262 e. The maximum atomic E-state index is 13.9. The molecule has 3 aromatic rings. The second-order valence-electron chi connectivity index (χ2n) is 6.29. The highest BCUT2D eigenvalue weighted by atomic mass is 35.5. The number of ether oxygens (including phenoxy) is 1. The lowest BCUT2D eigenvalue weighted by atomic mass is 10.2. The van der Waals surface area contributed by atoms with Crippen molar-refractivity contribution in [3.63, 3.8) is 0 Å². The average Bonchev–Trinajstić information content (AvgIpc) is 2.71. The Balaban J connectivity index is 1.94. The molecule has 0 fully saturated rings. The standard InChI is InChI=1S/C21H17ClF2N2O4S/c1-2-30-20-9-7-16(31(28,29)26-18-8-6-15(23)11-17(18)24)12-19(20)25-21(27)13-4-3-5-14(22)10-13/h3-12,26H,2H2,1H3,(H,25,27). The molecule has 0 unspecified atom stereocenters. The number of hydrogen-bond acceptors (Lipinski definition) is 4. The molecule has 0 radical (unpaired) electrons. The number of amides is 1. The zero-order valence-electron chi connectivity index (χ0n) is 16.2. The lowest BCUT2D eigenvalue weighted by molar-refractivity contribution is 0.102. The maximum absolute atomic E-state index is 13.9. The number of carbonyl (C=O) groups excluding carboxylic acids is 1. The first-order chi connectivity index (χ1) is 14.7. The van der Waals surface area contributed by atoms with Crippen LogP contribution >= 0.6 is 11.6 Å². The third-order valence-corrected chi connectivity index (χ3v) is 5.67. The van der Waals surface area contributed by atoms with Gasteiger partial charge in [-0.3, -0.25) is 9.52 Å². The minimum Gasteiger partial charge on any atom is -0.492 e. The Morgan fingerprint density at radius 2 is 1.81 bits per heavy atom. The molecule has 0 heterocycles. The highest BCUT2D eigenvalue weighted by molar-refractivity contribution is 7.92. The van der Waals surface area contributed by atoms with Crippen LogP contribution in [0, 0.1) is 11.6 Å². The summed E-state index contributed by atoms with van der Waals surface area (Å²) >= 11 is 5.91. The summed E-state index contributed by atoms with van der Waals surface area (Å²) in [6, 6.07) is 12.5. The van der Waals surface area contributed by atoms with Crippen molar-refractivity contribution < 1.29 is 26.7 Å². The van der Waals surface area contributed by atoms with Crippen molar-refractivity contribution in [1.29, 1.82) is 0 Å². The predicted molar refractivity (Wildman–Crippen MR) is 114 cm³/mol. The number of hydrogen-bond donors (Lipinski definition) is 2. The van der Waals surface area contributed by atoms with Crippen LogP contribution in [0.5, 0.6) is 5.75 Å². The molecular weight excluding hydrogens is 450 g/mol. The van der Waals surface area contributed by atoms with Gasteiger partial charge in [-0.15, -0.1) is 0 Å². The SMILES string of the molecule is CCOc1ccc(S(=O)(=O)Nc2ccc(F)cc2F)cc1NC(=O)c1cccc(Cl)c1. The number of halogens is 3. The molecule has 0 aliphatic carbocycles. The molecule has 3 aromatic carbocycles. The molecule has 10 heteroatoms. The van der Waals surface area contributed by atoms with E-state index in [-0.39, 0.29) is 28.5 Å². The van der Waals surface area contributed by atoms with Gasteiger partial charge in [-0.2, -0.15) is 0 Å². The highest BCUT2D eigenvalue weighted by Gasteiger charge is 2.20. The van der Waals surface area contributed by atoms with Crippen LogP contribution < -0.4 is 14.8 Å². The van der Waals surface area contributed by atoms with E-state index in [1.54, 1.807) is 25.1 Å². The molecule has 0 atom stereocenters. The molecule has 31 heavy (non-hydrogen) atoms. The maximum Gasteiger partial charge on any atom is 0.262 e. The Morgan fingerprint density at radius 3 is 2.48 bits per heavy atom. The van der Waals surface area contributed by atoms with Crippen molar-refractivity contribution in [2.45, 2.75) is 11.8 Å². The summed E-state index contributed by atoms with van der Waals surface area (Å²) < 4.78 is 59.9. The van der Waals surface area contributed by atoms with Crippen LogP contribution in [0.25, 0.3) is 0 Å². The van der Waals surface area contributed by atoms with Crippen LogP contribution in [0.1, 0.15) is 17.3 Å². The van der Waals surface area contributed by atoms with E-state index in [0.29, 0.717) is 11.1 Å². The van der Waals surface area contributed by atoms with Crippen molar-refractivity contribution in [2.75, 3.05) is 16.6 Å². The van der Waals surface area contributed by atoms with E-state index in [1.165, 1.54) is 24.3 Å². The Kier molecular flexibility index (Phi) is 6.77. The molecule has 0 spiro atoms. The number of rotatable bonds is 7. The van der Waals surface area contributed by atoms with E-state index in [4.69, 9.17) is 16.3 Å². The molecule has 0 bridgehead atoms. The zero-order chi connectivity index (χ0) is 22.6. The molecule has 2 N–H and O–H groups in total. The van der Waals surface area contributed by atoms with E-state index >= 15 is 0 Å². The number of benzene rings is 3. The van der Waals surface area contributed by atoms with Crippen LogP contribution in [-0.4, -0.2) is 20.9 Å². The fourth-order valence-corrected chi connectivity index (χ4v) is 3.94. The minimum atomic E-state index is -4.25. The highest BCUT2D eigenvalue weighted by Crippen LogP contribution is 2.30. The van der Waals surface area contributed by atoms with Gasteiger partial charge in [0.25, 0.3) is 15.9 Å². The first kappa shape index (κ1) is 22.5. The monoisotopic (exact) mass is 466 g/mol. The number of sulfonamides is 1. The molecule has 1 amide bonds. The van der Waals surface area contributed by atoms with Gasteiger partial charge in [0.1, 0.15) is 17.4 Å². The van der Waals surface area contributed by atoms with Gasteiger partial charge in [0.2, 0.25) is 0 Å². The molecule has 0 aliphatic heterocycles. The zero-order valence-corrected chi connectivity index (χ0v) is 17.7. The molecule has 0 aliphatic rings. The van der Waals surface area contributed by atoms with Crippen LogP contribution in [0.15, 0.2) is 65.6 Å². The molecule has 6 nitrogen and oxygen atoms in total. The van der Waals surface area contributed by atoms with Gasteiger partial charge in [0, 0.05) is 16.7 Å². The van der Waals surface area contributed by atoms with Gasteiger partial charge in [-0.05, 0) is 55.5 Å². The quantitative estimate of drug-likeness (QED) is 0.509. The predicted octanol–water partition coefficient (Wildman–Crippen LogP) is 5.07. The second kappa shape index (κ2) is 9.32. The fourth-order valence-electron chi connectivity index (χ4n) is 2.66. The van der Waals surface area contributed by atoms with Crippen molar-refractivity contribution >= 4 is 38.9 Å². The molecule has 162 valence electrons. The van der Waals surface area contributed by atoms with Crippen LogP contribution in [-0.2, 0) is 10.0 Å². The van der Waals surface area contributed by atoms with Crippen molar-refractivity contribution in [2.24, 2.45) is 0 Å². The van der Waals surface area contributed by atoms with E-state index in [9.17, 15) is 22.0 Å². The molecule has 0 saturated heterocycles. The third kappa shape index (κ3) is 5.50. The van der Waals surface area contributed by atoms with Crippen molar-refractivity contribution in [1.82, 2.24) is 0 Å². The first-order valence-electron chi connectivity index (χ1n) is 9.01. The average molecular weight is 467 g/mol. The molecular formula is C21H17ClF2N2O4S. The Morgan fingerprint density at radius 1 is 1.03 bits per heavy atom. The molecule has 0 saturated carbocycles. The van der Waals surface area contributed by atoms with Gasteiger partial charge in [-0.25, -0.2) is 17.2 Å². The van der Waals surface area contributed by atoms with Crippen molar-refractivity contribution in [3.8, 4) is 5.75 Å². The second-order valence-corrected chi connectivity index (χ2v) is 8.40. The van der Waals surface area contributed by atoms with Gasteiger partial charge in [-0.1, -0.05) is 17.7 Å². The molecule has 3 rings (SSSR count). The van der Waals surface area contributed by atoms with E-state index in [2.05, 4.69) is 10.0 Å². The van der Waals surface area contributed by atoms with Crippen molar-refractivity contribution in [3.05, 3.63) is 82.9 Å². The normalized spacial score (nSPS) is 11.1. The lowest BCUT2D eigenvalue weighted by Gasteiger charge is -2.15. The minimum absolute atomic E-state index is 0.0919. The molecule has 0 aromatic heterocycles. The summed E-state index contributed by atoms with van der Waals surface area (Å²) in [5.41, 5.74) is -0.0659. The summed E-state index contributed by atoms with van der Waals surface area (Å²) in [5, 5.41) is 2.96. The number of nitrogens with one attached hydrogen (secondary N) is 2. The largest absolute Gasteiger partial charge is 0.492 e. The van der Waals surface area contributed by atoms with E-state index in [1.807, 2.05) is 0 Å². The lowest BCUT2D eigenvalue weighted by Crippen LogP contribution is -2.16. The Bertz CT molecular complexity index is 1240. The topological polar surface area (TPSA) is 84.5 Å². The number of anilines is 2. The van der Waals surface area contributed by atoms with Gasteiger partial charge in [0.15, 0.2) is 0 Å². The summed E-state index contributed by atoms with van der Waals surface area (Å²) in [6.45, 7) is 2.00. The summed E-state index contributed by atoms with van der Waals surface area (Å²) in [4.78, 5) is 12.3. The first-order valence-corrected chi connectivity index (χ1v) is 10.9. The fraction of sp³-hybridized carbons (Fsp3) is 0.0952. The number of carbonyl (C=O) groups is 1.